The van der Waals surface area contributed by atoms with E-state index in [-0.39, 0.29) is 11.7 Å². The molecule has 1 aromatic heterocycles. The molecule has 0 aliphatic carbocycles. The van der Waals surface area contributed by atoms with Crippen LogP contribution in [0, 0.1) is 13.8 Å². The van der Waals surface area contributed by atoms with Crippen LogP contribution in [0.2, 0.25) is 10.0 Å². The van der Waals surface area contributed by atoms with E-state index in [1.807, 2.05) is 44.2 Å². The number of nitrogens with zero attached hydrogens (tertiary/aromatic N) is 3. The Hall–Kier alpha value is -2.13. The third-order valence-corrected chi connectivity index (χ3v) is 5.95. The molecule has 0 bridgehead atoms. The first-order valence-electron chi connectivity index (χ1n) is 9.43. The van der Waals surface area contributed by atoms with Gasteiger partial charge in [-0.1, -0.05) is 63.0 Å². The second-order valence-corrected chi connectivity index (χ2v) is 9.42. The number of thioether (sulfide) groups is 1. The van der Waals surface area contributed by atoms with Crippen molar-refractivity contribution in [1.82, 2.24) is 15.4 Å². The molecule has 3 rings (SSSR count). The van der Waals surface area contributed by atoms with Crippen LogP contribution in [0.25, 0.3) is 0 Å². The summed E-state index contributed by atoms with van der Waals surface area (Å²) in [5.41, 5.74) is 5.79. The van der Waals surface area contributed by atoms with Crippen molar-refractivity contribution >= 4 is 63.0 Å². The lowest BCUT2D eigenvalue weighted by atomic mass is 10.2. The molecule has 32 heavy (non-hydrogen) atoms. The van der Waals surface area contributed by atoms with Gasteiger partial charge in [0, 0.05) is 15.9 Å². The number of amides is 1. The highest BCUT2D eigenvalue weighted by Gasteiger charge is 2.10. The predicted octanol–water partition coefficient (Wildman–Crippen LogP) is 5.98. The molecule has 0 unspecified atom stereocenters. The van der Waals surface area contributed by atoms with Crippen molar-refractivity contribution in [3.05, 3.63) is 79.5 Å². The zero-order valence-corrected chi connectivity index (χ0v) is 21.1. The Balaban J connectivity index is 1.53. The van der Waals surface area contributed by atoms with E-state index in [9.17, 15) is 4.79 Å². The minimum atomic E-state index is -0.277. The number of carbonyl (C=O) groups is 1. The van der Waals surface area contributed by atoms with Crippen LogP contribution in [0.5, 0.6) is 5.75 Å². The monoisotopic (exact) mass is 552 g/mol. The predicted molar refractivity (Wildman–Crippen MR) is 133 cm³/mol. The van der Waals surface area contributed by atoms with Crippen LogP contribution in [-0.4, -0.2) is 27.8 Å². The SMILES string of the molecule is Cc1cc(C)nc(SCC(=O)N/N=C\c2cc(Cl)c(OCc3ccc(Br)cc3)c(Cl)c2)n1. The largest absolute Gasteiger partial charge is 0.486 e. The van der Waals surface area contributed by atoms with Crippen LogP contribution in [0.3, 0.4) is 0 Å². The van der Waals surface area contributed by atoms with Gasteiger partial charge in [-0.15, -0.1) is 0 Å². The fourth-order valence-corrected chi connectivity index (χ4v) is 4.25. The molecule has 0 spiro atoms. The summed E-state index contributed by atoms with van der Waals surface area (Å²) in [6.45, 7) is 4.10. The molecule has 6 nitrogen and oxygen atoms in total. The Morgan fingerprint density at radius 2 is 1.75 bits per heavy atom. The van der Waals surface area contributed by atoms with Gasteiger partial charge >= 0.3 is 0 Å². The van der Waals surface area contributed by atoms with E-state index in [0.29, 0.717) is 33.1 Å². The third-order valence-electron chi connectivity index (χ3n) is 4.01. The van der Waals surface area contributed by atoms with Crippen molar-refractivity contribution in [1.29, 1.82) is 0 Å². The van der Waals surface area contributed by atoms with Crippen LogP contribution >= 0.6 is 50.9 Å². The first kappa shape index (κ1) is 24.5. The molecule has 1 heterocycles. The van der Waals surface area contributed by atoms with E-state index in [0.717, 1.165) is 21.4 Å². The number of halogens is 3. The standard InChI is InChI=1S/C22H19BrCl2N4O2S/c1-13-7-14(2)28-22(27-13)32-12-20(30)29-26-10-16-8-18(24)21(19(25)9-16)31-11-15-3-5-17(23)6-4-15/h3-10H,11-12H2,1-2H3,(H,29,30)/b26-10-. The van der Waals surface area contributed by atoms with Crippen LogP contribution in [-0.2, 0) is 11.4 Å². The molecule has 3 aromatic rings. The number of carbonyl (C=O) groups excluding carboxylic acids is 1. The molecule has 0 radical (unpaired) electrons. The molecule has 0 aliphatic heterocycles. The van der Waals surface area contributed by atoms with Gasteiger partial charge in [0.25, 0.3) is 5.91 Å². The molecule has 1 N–H and O–H groups in total. The molecule has 0 fully saturated rings. The summed E-state index contributed by atoms with van der Waals surface area (Å²) in [5.74, 6) is 0.257. The van der Waals surface area contributed by atoms with E-state index in [4.69, 9.17) is 27.9 Å². The molecule has 0 saturated heterocycles. The number of hydrogen-bond acceptors (Lipinski definition) is 6. The summed E-state index contributed by atoms with van der Waals surface area (Å²) >= 11 is 17.3. The van der Waals surface area contributed by atoms with Gasteiger partial charge in [-0.05, 0) is 55.3 Å². The zero-order valence-electron chi connectivity index (χ0n) is 17.2. The summed E-state index contributed by atoms with van der Waals surface area (Å²) in [6, 6.07) is 13.0. The average molecular weight is 554 g/mol. The number of nitrogens with one attached hydrogen (secondary N) is 1. The number of rotatable bonds is 8. The summed E-state index contributed by atoms with van der Waals surface area (Å²) in [4.78, 5) is 20.6. The lowest BCUT2D eigenvalue weighted by molar-refractivity contribution is -0.118. The smallest absolute Gasteiger partial charge is 0.250 e. The molecular formula is C22H19BrCl2N4O2S. The quantitative estimate of drug-likeness (QED) is 0.160. The molecule has 0 saturated carbocycles. The maximum Gasteiger partial charge on any atom is 0.250 e. The van der Waals surface area contributed by atoms with Crippen LogP contribution < -0.4 is 10.2 Å². The van der Waals surface area contributed by atoms with Gasteiger partial charge in [-0.2, -0.15) is 5.10 Å². The topological polar surface area (TPSA) is 76.5 Å². The van der Waals surface area contributed by atoms with Crippen LogP contribution in [0.4, 0.5) is 0 Å². The molecule has 1 amide bonds. The van der Waals surface area contributed by atoms with Crippen molar-refractivity contribution in [2.45, 2.75) is 25.6 Å². The normalized spacial score (nSPS) is 11.0. The van der Waals surface area contributed by atoms with Gasteiger partial charge in [-0.25, -0.2) is 15.4 Å². The van der Waals surface area contributed by atoms with Gasteiger partial charge in [0.15, 0.2) is 10.9 Å². The van der Waals surface area contributed by atoms with Crippen molar-refractivity contribution < 1.29 is 9.53 Å². The van der Waals surface area contributed by atoms with E-state index in [2.05, 4.69) is 36.4 Å². The minimum Gasteiger partial charge on any atom is -0.486 e. The van der Waals surface area contributed by atoms with Gasteiger partial charge in [0.2, 0.25) is 0 Å². The summed E-state index contributed by atoms with van der Waals surface area (Å²) in [6.07, 6.45) is 1.46. The van der Waals surface area contributed by atoms with E-state index < -0.39 is 0 Å². The summed E-state index contributed by atoms with van der Waals surface area (Å²) in [5, 5.41) is 5.22. The third kappa shape index (κ3) is 7.48. The molecular weight excluding hydrogens is 535 g/mol. The highest BCUT2D eigenvalue weighted by molar-refractivity contribution is 9.10. The van der Waals surface area contributed by atoms with Crippen molar-refractivity contribution in [3.63, 3.8) is 0 Å². The van der Waals surface area contributed by atoms with Crippen LogP contribution in [0.15, 0.2) is 57.2 Å². The van der Waals surface area contributed by atoms with E-state index in [1.54, 1.807) is 12.1 Å². The molecule has 166 valence electrons. The van der Waals surface area contributed by atoms with E-state index in [1.165, 1.54) is 18.0 Å². The second kappa shape index (κ2) is 11.7. The van der Waals surface area contributed by atoms with E-state index >= 15 is 0 Å². The Morgan fingerprint density at radius 1 is 1.12 bits per heavy atom. The number of aryl methyl sites for hydroxylation is 2. The molecule has 10 heteroatoms. The Labute approximate surface area is 208 Å². The molecule has 0 aliphatic rings. The second-order valence-electron chi connectivity index (χ2n) is 6.74. The van der Waals surface area contributed by atoms with Gasteiger partial charge in [0.05, 0.1) is 22.0 Å². The number of ether oxygens (including phenoxy) is 1. The van der Waals surface area contributed by atoms with Gasteiger partial charge in [0.1, 0.15) is 6.61 Å². The van der Waals surface area contributed by atoms with Crippen LogP contribution in [0.1, 0.15) is 22.5 Å². The zero-order chi connectivity index (χ0) is 23.1. The highest BCUT2D eigenvalue weighted by atomic mass is 79.9. The van der Waals surface area contributed by atoms with Gasteiger partial charge < -0.3 is 4.74 Å². The first-order chi connectivity index (χ1) is 15.3. The summed E-state index contributed by atoms with van der Waals surface area (Å²) < 4.78 is 6.76. The van der Waals surface area contributed by atoms with Crippen molar-refractivity contribution in [2.75, 3.05) is 5.75 Å². The highest BCUT2D eigenvalue weighted by Crippen LogP contribution is 2.34. The number of benzene rings is 2. The minimum absolute atomic E-state index is 0.143. The maximum atomic E-state index is 12.0. The lowest BCUT2D eigenvalue weighted by Gasteiger charge is -2.11. The number of aromatic nitrogens is 2. The number of hydrogen-bond donors (Lipinski definition) is 1. The lowest BCUT2D eigenvalue weighted by Crippen LogP contribution is -2.19. The van der Waals surface area contributed by atoms with Gasteiger partial charge in [-0.3, -0.25) is 4.79 Å². The maximum absolute atomic E-state index is 12.0. The Kier molecular flexibility index (Phi) is 8.92. The fraction of sp³-hybridized carbons (Fsp3) is 0.182. The molecule has 0 atom stereocenters. The summed E-state index contributed by atoms with van der Waals surface area (Å²) in [7, 11) is 0. The van der Waals surface area contributed by atoms with Crippen molar-refractivity contribution in [3.8, 4) is 5.75 Å². The van der Waals surface area contributed by atoms with Crippen molar-refractivity contribution in [2.24, 2.45) is 5.10 Å². The molecule has 2 aromatic carbocycles. The number of hydrazone groups is 1. The fourth-order valence-electron chi connectivity index (χ4n) is 2.63. The average Bonchev–Trinajstić information content (AvgIpc) is 2.72. The Morgan fingerprint density at radius 3 is 2.38 bits per heavy atom. The first-order valence-corrected chi connectivity index (χ1v) is 12.0. The Bertz CT molecular complexity index is 1100.